The van der Waals surface area contributed by atoms with Gasteiger partial charge in [0.15, 0.2) is 11.2 Å². The van der Waals surface area contributed by atoms with Crippen molar-refractivity contribution in [3.8, 4) is 33.9 Å². The molecule has 0 amide bonds. The first kappa shape index (κ1) is 18.6. The van der Waals surface area contributed by atoms with E-state index in [2.05, 4.69) is 88.7 Å². The second-order valence-corrected chi connectivity index (χ2v) is 9.84. The molecule has 0 atom stereocenters. The average Bonchev–Trinajstić information content (AvgIpc) is 2.97. The Morgan fingerprint density at radius 3 is 2.55 bits per heavy atom. The number of rotatable bonds is 1. The number of hydrogen-bond donors (Lipinski definition) is 0. The first-order chi connectivity index (χ1) is 14.8. The summed E-state index contributed by atoms with van der Waals surface area (Å²) in [4.78, 5) is 4.75. The Bertz CT molecular complexity index is 1430. The van der Waals surface area contributed by atoms with Crippen LogP contribution in [0.15, 0.2) is 48.8 Å². The van der Waals surface area contributed by atoms with Crippen LogP contribution in [0.5, 0.6) is 11.5 Å². The van der Waals surface area contributed by atoms with Crippen molar-refractivity contribution in [2.75, 3.05) is 0 Å². The number of hydrogen-bond acceptors (Lipinski definition) is 2. The largest absolute Gasteiger partial charge is 0.456 e. The van der Waals surface area contributed by atoms with Gasteiger partial charge in [-0.3, -0.25) is 0 Å². The highest BCUT2D eigenvalue weighted by Crippen LogP contribution is 2.56. The summed E-state index contributed by atoms with van der Waals surface area (Å²) in [6.07, 6.45) is 1.94. The molecule has 6 rings (SSSR count). The molecule has 154 valence electrons. The molecule has 3 nitrogen and oxygen atoms in total. The van der Waals surface area contributed by atoms with E-state index in [4.69, 9.17) is 9.72 Å². The molecular formula is C28H27N2O+. The van der Waals surface area contributed by atoms with Gasteiger partial charge in [-0.2, -0.15) is 0 Å². The molecule has 0 spiro atoms. The molecule has 0 N–H and O–H groups in total. The highest BCUT2D eigenvalue weighted by Gasteiger charge is 2.40. The van der Waals surface area contributed by atoms with Crippen molar-refractivity contribution in [2.45, 2.75) is 46.0 Å². The molecule has 1 aromatic heterocycles. The van der Waals surface area contributed by atoms with E-state index in [1.54, 1.807) is 0 Å². The number of aryl methyl sites for hydroxylation is 1. The lowest BCUT2D eigenvalue weighted by atomic mass is 9.78. The maximum absolute atomic E-state index is 6.63. The van der Waals surface area contributed by atoms with Crippen molar-refractivity contribution in [3.63, 3.8) is 0 Å². The normalized spacial score (nSPS) is 14.9. The molecule has 0 saturated heterocycles. The molecule has 0 bridgehead atoms. The predicted octanol–water partition coefficient (Wildman–Crippen LogP) is 6.57. The SMILES string of the molecule is Cc1c2c(cc3c1C(C)(C)c1ccccc1-3)Oc1cc(C(C)C)cc3nc[n+](C)c-2c13. The van der Waals surface area contributed by atoms with Crippen molar-refractivity contribution in [1.82, 2.24) is 4.98 Å². The summed E-state index contributed by atoms with van der Waals surface area (Å²) < 4.78 is 8.78. The highest BCUT2D eigenvalue weighted by molar-refractivity contribution is 6.02. The quantitative estimate of drug-likeness (QED) is 0.294. The molecule has 2 heterocycles. The van der Waals surface area contributed by atoms with Crippen molar-refractivity contribution in [1.29, 1.82) is 0 Å². The van der Waals surface area contributed by atoms with Crippen molar-refractivity contribution >= 4 is 10.9 Å². The molecule has 4 aromatic rings. The number of benzene rings is 3. The highest BCUT2D eigenvalue weighted by atomic mass is 16.5. The van der Waals surface area contributed by atoms with Crippen LogP contribution >= 0.6 is 0 Å². The van der Waals surface area contributed by atoms with Gasteiger partial charge in [0.25, 0.3) is 6.33 Å². The van der Waals surface area contributed by atoms with E-state index in [1.807, 2.05) is 6.33 Å². The second-order valence-electron chi connectivity index (χ2n) is 9.84. The van der Waals surface area contributed by atoms with E-state index in [-0.39, 0.29) is 5.41 Å². The summed E-state index contributed by atoms with van der Waals surface area (Å²) in [7, 11) is 2.09. The molecule has 31 heavy (non-hydrogen) atoms. The van der Waals surface area contributed by atoms with E-state index < -0.39 is 0 Å². The van der Waals surface area contributed by atoms with Crippen LogP contribution < -0.4 is 9.30 Å². The molecule has 3 heteroatoms. The average molecular weight is 408 g/mol. The minimum atomic E-state index is -0.0441. The smallest absolute Gasteiger partial charge is 0.287 e. The minimum absolute atomic E-state index is 0.0441. The molecular weight excluding hydrogens is 380 g/mol. The van der Waals surface area contributed by atoms with Gasteiger partial charge in [-0.1, -0.05) is 52.0 Å². The van der Waals surface area contributed by atoms with Crippen LogP contribution in [0.2, 0.25) is 0 Å². The molecule has 2 aliphatic rings. The van der Waals surface area contributed by atoms with Gasteiger partial charge >= 0.3 is 0 Å². The van der Waals surface area contributed by atoms with E-state index in [1.165, 1.54) is 44.6 Å². The van der Waals surface area contributed by atoms with Crippen LogP contribution in [0.25, 0.3) is 33.3 Å². The van der Waals surface area contributed by atoms with E-state index >= 15 is 0 Å². The Balaban J connectivity index is 1.73. The van der Waals surface area contributed by atoms with Crippen molar-refractivity contribution < 1.29 is 9.30 Å². The Morgan fingerprint density at radius 1 is 1.00 bits per heavy atom. The van der Waals surface area contributed by atoms with Crippen LogP contribution in [0, 0.1) is 6.92 Å². The Hall–Kier alpha value is -3.20. The third-order valence-electron chi connectivity index (χ3n) is 7.24. The fourth-order valence-corrected chi connectivity index (χ4v) is 5.76. The lowest BCUT2D eigenvalue weighted by Gasteiger charge is -2.28. The molecule has 0 radical (unpaired) electrons. The van der Waals surface area contributed by atoms with Crippen LogP contribution in [0.1, 0.15) is 55.9 Å². The zero-order chi connectivity index (χ0) is 21.7. The van der Waals surface area contributed by atoms with Gasteiger partial charge in [-0.25, -0.2) is 4.57 Å². The minimum Gasteiger partial charge on any atom is -0.456 e. The number of aromatic nitrogens is 2. The maximum Gasteiger partial charge on any atom is 0.287 e. The van der Waals surface area contributed by atoms with Crippen LogP contribution in [-0.2, 0) is 12.5 Å². The molecule has 1 aliphatic heterocycles. The number of nitrogens with zero attached hydrogens (tertiary/aromatic N) is 2. The number of fused-ring (bicyclic) bond motifs is 5. The van der Waals surface area contributed by atoms with Gasteiger partial charge in [0.2, 0.25) is 0 Å². The summed E-state index contributed by atoms with van der Waals surface area (Å²) in [5, 5.41) is 1.11. The Labute approximate surface area is 183 Å². The molecule has 0 fully saturated rings. The molecule has 0 saturated carbocycles. The third-order valence-corrected chi connectivity index (χ3v) is 7.24. The fourth-order valence-electron chi connectivity index (χ4n) is 5.76. The summed E-state index contributed by atoms with van der Waals surface area (Å²) in [6, 6.07) is 15.5. The lowest BCUT2D eigenvalue weighted by Crippen LogP contribution is -2.33. The van der Waals surface area contributed by atoms with Crippen LogP contribution in [0.3, 0.4) is 0 Å². The third kappa shape index (κ3) is 2.29. The van der Waals surface area contributed by atoms with Gasteiger partial charge in [0.05, 0.1) is 12.6 Å². The Morgan fingerprint density at radius 2 is 1.77 bits per heavy atom. The predicted molar refractivity (Wildman–Crippen MR) is 125 cm³/mol. The lowest BCUT2D eigenvalue weighted by molar-refractivity contribution is -0.662. The monoisotopic (exact) mass is 407 g/mol. The first-order valence-corrected chi connectivity index (χ1v) is 11.1. The molecule has 1 aliphatic carbocycles. The summed E-state index contributed by atoms with van der Waals surface area (Å²) >= 11 is 0. The number of ether oxygens (including phenoxy) is 1. The first-order valence-electron chi connectivity index (χ1n) is 11.1. The van der Waals surface area contributed by atoms with Gasteiger partial charge in [-0.05, 0) is 69.4 Å². The van der Waals surface area contributed by atoms with E-state index in [9.17, 15) is 0 Å². The topological polar surface area (TPSA) is 26.0 Å². The molecule has 0 unspecified atom stereocenters. The van der Waals surface area contributed by atoms with E-state index in [0.29, 0.717) is 5.92 Å². The zero-order valence-corrected chi connectivity index (χ0v) is 19.0. The van der Waals surface area contributed by atoms with Crippen LogP contribution in [-0.4, -0.2) is 4.98 Å². The van der Waals surface area contributed by atoms with Gasteiger partial charge in [0, 0.05) is 5.41 Å². The Kier molecular flexibility index (Phi) is 3.56. The van der Waals surface area contributed by atoms with Gasteiger partial charge < -0.3 is 4.74 Å². The second kappa shape index (κ2) is 5.94. The van der Waals surface area contributed by atoms with E-state index in [0.717, 1.165) is 22.4 Å². The fraction of sp³-hybridized carbons (Fsp3) is 0.286. The zero-order valence-electron chi connectivity index (χ0n) is 19.0. The van der Waals surface area contributed by atoms with Crippen molar-refractivity contribution in [2.24, 2.45) is 7.05 Å². The van der Waals surface area contributed by atoms with Crippen molar-refractivity contribution in [3.05, 3.63) is 71.0 Å². The summed E-state index contributed by atoms with van der Waals surface area (Å²) in [6.45, 7) is 11.4. The summed E-state index contributed by atoms with van der Waals surface area (Å²) in [5.74, 6) is 2.27. The van der Waals surface area contributed by atoms with Gasteiger partial charge in [-0.15, -0.1) is 0 Å². The van der Waals surface area contributed by atoms with Gasteiger partial charge in [0.1, 0.15) is 16.9 Å². The maximum atomic E-state index is 6.63. The van der Waals surface area contributed by atoms with Crippen LogP contribution in [0.4, 0.5) is 0 Å². The molecule has 3 aromatic carbocycles. The standard InChI is InChI=1S/C28H27N2O/c1-15(2)17-11-21-25-22(12-17)31-23-13-19-18-9-7-8-10-20(18)28(4,5)26(19)16(3)24(23)27(25)30(6)14-29-21/h7-15H,1-6H3/q+1. The summed E-state index contributed by atoms with van der Waals surface area (Å²) in [5.41, 5.74) is 11.3.